The van der Waals surface area contributed by atoms with E-state index >= 15 is 0 Å². The van der Waals surface area contributed by atoms with E-state index in [1.54, 1.807) is 18.2 Å². The molecule has 0 bridgehead atoms. The molecule has 7 heteroatoms. The highest BCUT2D eigenvalue weighted by molar-refractivity contribution is 9.10. The van der Waals surface area contributed by atoms with Crippen LogP contribution in [0.15, 0.2) is 33.9 Å². The Balaban J connectivity index is 2.23. The summed E-state index contributed by atoms with van der Waals surface area (Å²) in [6.45, 7) is 2.89. The molecule has 0 fully saturated rings. The molecule has 0 aliphatic heterocycles. The van der Waals surface area contributed by atoms with E-state index in [-0.39, 0.29) is 5.82 Å². The minimum atomic E-state index is -0.379. The summed E-state index contributed by atoms with van der Waals surface area (Å²) in [5.74, 6) is 1.09. The van der Waals surface area contributed by atoms with Crippen molar-refractivity contribution in [2.45, 2.75) is 18.5 Å². The SMILES string of the molecule is CCCNc1cc(Oc2ccc(Br)c(F)c2)nc(SC)n1. The van der Waals surface area contributed by atoms with Crippen LogP contribution >= 0.6 is 27.7 Å². The van der Waals surface area contributed by atoms with Crippen molar-refractivity contribution in [3.8, 4) is 11.6 Å². The topological polar surface area (TPSA) is 47.0 Å². The van der Waals surface area contributed by atoms with Gasteiger partial charge in [0.25, 0.3) is 0 Å². The summed E-state index contributed by atoms with van der Waals surface area (Å²) in [4.78, 5) is 8.60. The highest BCUT2D eigenvalue weighted by atomic mass is 79.9. The maximum absolute atomic E-state index is 13.5. The summed E-state index contributed by atoms with van der Waals surface area (Å²) in [7, 11) is 0. The van der Waals surface area contributed by atoms with Crippen LogP contribution in [-0.4, -0.2) is 22.8 Å². The van der Waals surface area contributed by atoms with E-state index < -0.39 is 0 Å². The molecule has 2 rings (SSSR count). The Morgan fingerprint density at radius 1 is 1.33 bits per heavy atom. The molecule has 0 atom stereocenters. The smallest absolute Gasteiger partial charge is 0.225 e. The zero-order valence-corrected chi connectivity index (χ0v) is 14.1. The molecule has 1 N–H and O–H groups in total. The molecule has 0 spiro atoms. The standard InChI is InChI=1S/C14H15BrFN3OS/c1-3-6-17-12-8-13(19-14(18-12)21-2)20-9-4-5-10(15)11(16)7-9/h4-5,7-8H,3,6H2,1-2H3,(H,17,18,19). The number of nitrogens with zero attached hydrogens (tertiary/aromatic N) is 2. The van der Waals surface area contributed by atoms with Gasteiger partial charge in [0.15, 0.2) is 5.16 Å². The number of nitrogens with one attached hydrogen (secondary N) is 1. The van der Waals surface area contributed by atoms with Gasteiger partial charge >= 0.3 is 0 Å². The van der Waals surface area contributed by atoms with Crippen LogP contribution < -0.4 is 10.1 Å². The summed E-state index contributed by atoms with van der Waals surface area (Å²) in [6.07, 6.45) is 2.88. The lowest BCUT2D eigenvalue weighted by atomic mass is 10.3. The molecule has 0 saturated heterocycles. The zero-order chi connectivity index (χ0) is 15.2. The maximum Gasteiger partial charge on any atom is 0.225 e. The highest BCUT2D eigenvalue weighted by Crippen LogP contribution is 2.27. The van der Waals surface area contributed by atoms with Crippen LogP contribution in [-0.2, 0) is 0 Å². The number of halogens is 2. The molecule has 4 nitrogen and oxygen atoms in total. The number of hydrogen-bond donors (Lipinski definition) is 1. The summed E-state index contributed by atoms with van der Waals surface area (Å²) >= 11 is 4.53. The quantitative estimate of drug-likeness (QED) is 0.588. The second-order valence-electron chi connectivity index (χ2n) is 4.18. The van der Waals surface area contributed by atoms with Gasteiger partial charge in [-0.2, -0.15) is 4.98 Å². The van der Waals surface area contributed by atoms with Crippen LogP contribution in [0, 0.1) is 5.82 Å². The Hall–Kier alpha value is -1.34. The molecule has 0 amide bonds. The van der Waals surface area contributed by atoms with E-state index in [1.165, 1.54) is 17.8 Å². The molecule has 0 aliphatic carbocycles. The van der Waals surface area contributed by atoms with Crippen molar-refractivity contribution in [2.24, 2.45) is 0 Å². The third kappa shape index (κ3) is 4.57. The van der Waals surface area contributed by atoms with E-state index in [2.05, 4.69) is 38.1 Å². The lowest BCUT2D eigenvalue weighted by Gasteiger charge is -2.09. The Labute approximate surface area is 135 Å². The van der Waals surface area contributed by atoms with Crippen LogP contribution in [0.4, 0.5) is 10.2 Å². The predicted octanol–water partition coefficient (Wildman–Crippen LogP) is 4.71. The van der Waals surface area contributed by atoms with Crippen molar-refractivity contribution in [3.05, 3.63) is 34.6 Å². The summed E-state index contributed by atoms with van der Waals surface area (Å²) in [5.41, 5.74) is 0. The van der Waals surface area contributed by atoms with Crippen LogP contribution in [0.1, 0.15) is 13.3 Å². The minimum absolute atomic E-state index is 0.379. The summed E-state index contributed by atoms with van der Waals surface area (Å²) in [5, 5.41) is 3.79. The van der Waals surface area contributed by atoms with E-state index in [1.807, 2.05) is 6.26 Å². The van der Waals surface area contributed by atoms with Crippen molar-refractivity contribution in [1.29, 1.82) is 0 Å². The highest BCUT2D eigenvalue weighted by Gasteiger charge is 2.08. The fourth-order valence-electron chi connectivity index (χ4n) is 1.55. The van der Waals surface area contributed by atoms with Gasteiger partial charge in [-0.3, -0.25) is 0 Å². The summed E-state index contributed by atoms with van der Waals surface area (Å²) in [6, 6.07) is 6.28. The fraction of sp³-hybridized carbons (Fsp3) is 0.286. The Bertz CT molecular complexity index is 627. The molecule has 0 unspecified atom stereocenters. The third-order valence-electron chi connectivity index (χ3n) is 2.53. The normalized spacial score (nSPS) is 10.5. The van der Waals surface area contributed by atoms with Crippen molar-refractivity contribution in [3.63, 3.8) is 0 Å². The third-order valence-corrected chi connectivity index (χ3v) is 3.73. The van der Waals surface area contributed by atoms with Gasteiger partial charge < -0.3 is 10.1 Å². The van der Waals surface area contributed by atoms with E-state index in [4.69, 9.17) is 4.74 Å². The lowest BCUT2D eigenvalue weighted by molar-refractivity contribution is 0.451. The lowest BCUT2D eigenvalue weighted by Crippen LogP contribution is -2.04. The zero-order valence-electron chi connectivity index (χ0n) is 11.7. The predicted molar refractivity (Wildman–Crippen MR) is 86.8 cm³/mol. The van der Waals surface area contributed by atoms with Crippen LogP contribution in [0.3, 0.4) is 0 Å². The number of aromatic nitrogens is 2. The second-order valence-corrected chi connectivity index (χ2v) is 5.81. The molecule has 1 heterocycles. The molecular formula is C14H15BrFN3OS. The Morgan fingerprint density at radius 2 is 2.14 bits per heavy atom. The van der Waals surface area contributed by atoms with Gasteiger partial charge in [-0.05, 0) is 40.7 Å². The molecule has 21 heavy (non-hydrogen) atoms. The molecule has 112 valence electrons. The van der Waals surface area contributed by atoms with Gasteiger partial charge in [0, 0.05) is 18.7 Å². The average molecular weight is 372 g/mol. The van der Waals surface area contributed by atoms with E-state index in [0.717, 1.165) is 13.0 Å². The van der Waals surface area contributed by atoms with Crippen LogP contribution in [0.25, 0.3) is 0 Å². The van der Waals surface area contributed by atoms with Crippen molar-refractivity contribution in [1.82, 2.24) is 9.97 Å². The van der Waals surface area contributed by atoms with Gasteiger partial charge in [-0.15, -0.1) is 0 Å². The number of thioether (sulfide) groups is 1. The average Bonchev–Trinajstić information content (AvgIpc) is 2.48. The van der Waals surface area contributed by atoms with Gasteiger partial charge in [0.2, 0.25) is 5.88 Å². The first kappa shape index (κ1) is 16.0. The Kier molecular flexibility index (Phi) is 5.81. The molecule has 1 aromatic carbocycles. The second kappa shape index (κ2) is 7.61. The molecule has 0 radical (unpaired) electrons. The number of benzene rings is 1. The number of rotatable bonds is 6. The monoisotopic (exact) mass is 371 g/mol. The first-order valence-electron chi connectivity index (χ1n) is 6.42. The van der Waals surface area contributed by atoms with E-state index in [9.17, 15) is 4.39 Å². The molecule has 0 saturated carbocycles. The minimum Gasteiger partial charge on any atom is -0.439 e. The van der Waals surface area contributed by atoms with Gasteiger partial charge in [-0.1, -0.05) is 18.7 Å². The maximum atomic E-state index is 13.5. The number of anilines is 1. The van der Waals surface area contributed by atoms with Crippen molar-refractivity contribution in [2.75, 3.05) is 18.1 Å². The van der Waals surface area contributed by atoms with Crippen LogP contribution in [0.2, 0.25) is 0 Å². The first-order chi connectivity index (χ1) is 10.1. The van der Waals surface area contributed by atoms with Crippen molar-refractivity contribution >= 4 is 33.5 Å². The van der Waals surface area contributed by atoms with Crippen molar-refractivity contribution < 1.29 is 9.13 Å². The number of hydrogen-bond acceptors (Lipinski definition) is 5. The number of ether oxygens (including phenoxy) is 1. The Morgan fingerprint density at radius 3 is 2.81 bits per heavy atom. The first-order valence-corrected chi connectivity index (χ1v) is 8.44. The molecular weight excluding hydrogens is 357 g/mol. The molecule has 1 aromatic heterocycles. The largest absolute Gasteiger partial charge is 0.439 e. The van der Waals surface area contributed by atoms with E-state index in [0.29, 0.717) is 27.1 Å². The molecule has 2 aromatic rings. The summed E-state index contributed by atoms with van der Waals surface area (Å²) < 4.78 is 19.5. The van der Waals surface area contributed by atoms with Gasteiger partial charge in [-0.25, -0.2) is 9.37 Å². The van der Waals surface area contributed by atoms with Gasteiger partial charge in [0.05, 0.1) is 4.47 Å². The molecule has 0 aliphatic rings. The van der Waals surface area contributed by atoms with Crippen LogP contribution in [0.5, 0.6) is 11.6 Å². The fourth-order valence-corrected chi connectivity index (χ4v) is 2.17. The van der Waals surface area contributed by atoms with Gasteiger partial charge in [0.1, 0.15) is 17.4 Å².